The fourth-order valence-electron chi connectivity index (χ4n) is 0. The van der Waals surface area contributed by atoms with Gasteiger partial charge in [0.25, 0.3) is 0 Å². The van der Waals surface area contributed by atoms with Gasteiger partial charge in [0, 0.05) is 21.2 Å². The van der Waals surface area contributed by atoms with Crippen molar-refractivity contribution in [3.63, 3.8) is 0 Å². The van der Waals surface area contributed by atoms with E-state index in [1.54, 1.807) is 13.8 Å². The largest absolute Gasteiger partial charge is 0.253 e. The summed E-state index contributed by atoms with van der Waals surface area (Å²) in [6.07, 6.45) is 1.46. The molecular formula is C4H11NOS. The molecule has 0 saturated carbocycles. The van der Waals surface area contributed by atoms with E-state index < -0.39 is 9.73 Å². The summed E-state index contributed by atoms with van der Waals surface area (Å²) >= 11 is 0. The topological polar surface area (TPSA) is 40.9 Å². The van der Waals surface area contributed by atoms with Crippen molar-refractivity contribution in [1.82, 2.24) is 0 Å². The average molecular weight is 121 g/mol. The minimum atomic E-state index is -2.24. The van der Waals surface area contributed by atoms with Gasteiger partial charge in [0.1, 0.15) is 0 Å². The minimum absolute atomic E-state index is 0.00694. The number of nitrogens with one attached hydrogen (secondary N) is 1. The Morgan fingerprint density at radius 1 is 1.57 bits per heavy atom. The molecule has 7 heavy (non-hydrogen) atoms. The highest BCUT2D eigenvalue weighted by atomic mass is 32.2. The van der Waals surface area contributed by atoms with E-state index in [4.69, 9.17) is 4.78 Å². The van der Waals surface area contributed by atoms with Crippen molar-refractivity contribution in [1.29, 1.82) is 4.78 Å². The number of hydrogen-bond donors (Lipinski definition) is 1. The third-order valence-electron chi connectivity index (χ3n) is 0.900. The standard InChI is InChI=1S/C4H11NOS/c1-4(2)7(3,5)6/h4-5H,1-3H3/t7-/m0/s1. The van der Waals surface area contributed by atoms with Crippen LogP contribution in [0.3, 0.4) is 0 Å². The Bertz CT molecular complexity index is 134. The molecule has 1 atom stereocenters. The van der Waals surface area contributed by atoms with E-state index in [2.05, 4.69) is 0 Å². The highest BCUT2D eigenvalue weighted by Gasteiger charge is 2.00. The lowest BCUT2D eigenvalue weighted by molar-refractivity contribution is 0.672. The molecule has 0 aromatic rings. The quantitative estimate of drug-likeness (QED) is 0.554. The van der Waals surface area contributed by atoms with Gasteiger partial charge >= 0.3 is 0 Å². The monoisotopic (exact) mass is 121 g/mol. The van der Waals surface area contributed by atoms with E-state index in [0.717, 1.165) is 0 Å². The summed E-state index contributed by atoms with van der Waals surface area (Å²) < 4.78 is 17.5. The van der Waals surface area contributed by atoms with Gasteiger partial charge in [0.15, 0.2) is 0 Å². The zero-order valence-corrected chi connectivity index (χ0v) is 5.71. The molecule has 0 fully saturated rings. The fourth-order valence-corrected chi connectivity index (χ4v) is 0. The zero-order chi connectivity index (χ0) is 6.08. The molecule has 0 heterocycles. The van der Waals surface area contributed by atoms with Crippen LogP contribution in [-0.2, 0) is 9.73 Å². The van der Waals surface area contributed by atoms with Crippen molar-refractivity contribution in [3.05, 3.63) is 0 Å². The van der Waals surface area contributed by atoms with Crippen molar-refractivity contribution in [3.8, 4) is 0 Å². The molecule has 0 saturated heterocycles. The molecule has 0 amide bonds. The maximum atomic E-state index is 10.6. The second kappa shape index (κ2) is 1.82. The van der Waals surface area contributed by atoms with Gasteiger partial charge in [-0.2, -0.15) is 0 Å². The number of hydrogen-bond acceptors (Lipinski definition) is 2. The summed E-state index contributed by atoms with van der Waals surface area (Å²) in [5.74, 6) is 0. The normalized spacial score (nSPS) is 19.4. The summed E-state index contributed by atoms with van der Waals surface area (Å²) in [4.78, 5) is 0. The van der Waals surface area contributed by atoms with Crippen LogP contribution in [0.15, 0.2) is 0 Å². The Hall–Kier alpha value is -0.0500. The molecule has 3 heteroatoms. The van der Waals surface area contributed by atoms with E-state index in [0.29, 0.717) is 0 Å². The van der Waals surface area contributed by atoms with Crippen molar-refractivity contribution < 1.29 is 4.21 Å². The van der Waals surface area contributed by atoms with Crippen LogP contribution in [0.25, 0.3) is 0 Å². The second-order valence-corrected chi connectivity index (χ2v) is 4.70. The van der Waals surface area contributed by atoms with Crippen LogP contribution in [0.1, 0.15) is 13.8 Å². The van der Waals surface area contributed by atoms with Gasteiger partial charge in [-0.05, 0) is 0 Å². The van der Waals surface area contributed by atoms with Crippen LogP contribution >= 0.6 is 0 Å². The Balaban J connectivity index is 4.10. The van der Waals surface area contributed by atoms with Crippen LogP contribution in [-0.4, -0.2) is 15.7 Å². The molecule has 0 unspecified atom stereocenters. The lowest BCUT2D eigenvalue weighted by atomic mass is 10.6. The lowest BCUT2D eigenvalue weighted by Gasteiger charge is -2.00. The summed E-state index contributed by atoms with van der Waals surface area (Å²) in [5.41, 5.74) is 0. The third-order valence-corrected chi connectivity index (χ3v) is 2.70. The van der Waals surface area contributed by atoms with Crippen LogP contribution in [0, 0.1) is 4.78 Å². The Morgan fingerprint density at radius 3 is 1.71 bits per heavy atom. The molecule has 0 bridgehead atoms. The van der Waals surface area contributed by atoms with Gasteiger partial charge < -0.3 is 0 Å². The van der Waals surface area contributed by atoms with Crippen molar-refractivity contribution >= 4 is 9.73 Å². The molecule has 0 aromatic carbocycles. The first kappa shape index (κ1) is 6.95. The summed E-state index contributed by atoms with van der Waals surface area (Å²) in [7, 11) is -2.24. The molecule has 0 aliphatic carbocycles. The number of rotatable bonds is 1. The van der Waals surface area contributed by atoms with E-state index >= 15 is 0 Å². The summed E-state index contributed by atoms with van der Waals surface area (Å²) in [6, 6.07) is 0. The van der Waals surface area contributed by atoms with E-state index in [1.807, 2.05) is 0 Å². The fraction of sp³-hybridized carbons (Fsp3) is 1.00. The molecular weight excluding hydrogens is 110 g/mol. The second-order valence-electron chi connectivity index (χ2n) is 1.95. The maximum Gasteiger partial charge on any atom is 0.0435 e. The Morgan fingerprint density at radius 2 is 1.71 bits per heavy atom. The molecule has 0 rings (SSSR count). The van der Waals surface area contributed by atoms with Crippen molar-refractivity contribution in [2.45, 2.75) is 19.1 Å². The lowest BCUT2D eigenvalue weighted by Crippen LogP contribution is -2.08. The molecule has 0 radical (unpaired) electrons. The smallest absolute Gasteiger partial charge is 0.0435 e. The van der Waals surface area contributed by atoms with Gasteiger partial charge in [-0.15, -0.1) is 0 Å². The first-order valence-electron chi connectivity index (χ1n) is 2.17. The van der Waals surface area contributed by atoms with Crippen molar-refractivity contribution in [2.24, 2.45) is 0 Å². The van der Waals surface area contributed by atoms with Crippen LogP contribution < -0.4 is 0 Å². The van der Waals surface area contributed by atoms with E-state index in [-0.39, 0.29) is 5.25 Å². The van der Waals surface area contributed by atoms with Gasteiger partial charge in [-0.1, -0.05) is 13.8 Å². The van der Waals surface area contributed by atoms with E-state index in [9.17, 15) is 4.21 Å². The molecule has 2 nitrogen and oxygen atoms in total. The predicted octanol–water partition coefficient (Wildman–Crippen LogP) is 1.07. The Kier molecular flexibility index (Phi) is 1.81. The summed E-state index contributed by atoms with van der Waals surface area (Å²) in [6.45, 7) is 3.57. The highest BCUT2D eigenvalue weighted by molar-refractivity contribution is 7.92. The van der Waals surface area contributed by atoms with Gasteiger partial charge in [-0.25, -0.2) is 4.21 Å². The molecule has 0 aromatic heterocycles. The van der Waals surface area contributed by atoms with Crippen LogP contribution in [0.4, 0.5) is 0 Å². The SMILES string of the molecule is CC(C)[S@@](C)(=N)=O. The van der Waals surface area contributed by atoms with Gasteiger partial charge in [0.2, 0.25) is 0 Å². The van der Waals surface area contributed by atoms with Crippen LogP contribution in [0.2, 0.25) is 0 Å². The molecule has 0 spiro atoms. The highest BCUT2D eigenvalue weighted by Crippen LogP contribution is 1.94. The Labute approximate surface area is 44.9 Å². The average Bonchev–Trinajstić information content (AvgIpc) is 1.31. The molecule has 0 aliphatic rings. The molecule has 44 valence electrons. The zero-order valence-electron chi connectivity index (χ0n) is 4.89. The van der Waals surface area contributed by atoms with Crippen molar-refractivity contribution in [2.75, 3.05) is 6.26 Å². The predicted molar refractivity (Wildman–Crippen MR) is 31.9 cm³/mol. The third kappa shape index (κ3) is 2.62. The summed E-state index contributed by atoms with van der Waals surface area (Å²) in [5, 5.41) is -0.00694. The van der Waals surface area contributed by atoms with Gasteiger partial charge in [-0.3, -0.25) is 4.78 Å². The first-order valence-corrected chi connectivity index (χ1v) is 4.20. The molecule has 1 N–H and O–H groups in total. The molecule has 0 aliphatic heterocycles. The van der Waals surface area contributed by atoms with Crippen LogP contribution in [0.5, 0.6) is 0 Å². The first-order chi connectivity index (χ1) is 2.94. The minimum Gasteiger partial charge on any atom is -0.253 e. The maximum absolute atomic E-state index is 10.6. The van der Waals surface area contributed by atoms with E-state index in [1.165, 1.54) is 6.26 Å². The van der Waals surface area contributed by atoms with Gasteiger partial charge in [0.05, 0.1) is 0 Å².